The number of pyridine rings is 1. The number of hydrogen-bond acceptors (Lipinski definition) is 4. The van der Waals surface area contributed by atoms with Crippen LogP contribution in [0.4, 0.5) is 5.69 Å². The van der Waals surface area contributed by atoms with Crippen molar-refractivity contribution in [2.75, 3.05) is 5.32 Å². The maximum absolute atomic E-state index is 13.0. The summed E-state index contributed by atoms with van der Waals surface area (Å²) in [4.78, 5) is 17.6. The van der Waals surface area contributed by atoms with E-state index in [1.165, 1.54) is 0 Å². The third-order valence-corrected chi connectivity index (χ3v) is 5.33. The third-order valence-electron chi connectivity index (χ3n) is 4.80. The number of anilines is 1. The van der Waals surface area contributed by atoms with Crippen LogP contribution in [0.1, 0.15) is 59.3 Å². The molecule has 0 saturated heterocycles. The summed E-state index contributed by atoms with van der Waals surface area (Å²) in [5.74, 6) is 0.703. The van der Waals surface area contributed by atoms with Gasteiger partial charge in [0.15, 0.2) is 0 Å². The lowest BCUT2D eigenvalue weighted by Gasteiger charge is -2.08. The molecule has 0 spiro atoms. The minimum atomic E-state index is -0.137. The second-order valence-electron chi connectivity index (χ2n) is 6.85. The molecule has 2 saturated carbocycles. The van der Waals surface area contributed by atoms with Crippen LogP contribution in [0.5, 0.6) is 0 Å². The highest BCUT2D eigenvalue weighted by atomic mass is 79.9. The first-order chi connectivity index (χ1) is 12.2. The number of fused-ring (bicyclic) bond motifs is 1. The van der Waals surface area contributed by atoms with Gasteiger partial charge in [0.2, 0.25) is 0 Å². The second-order valence-corrected chi connectivity index (χ2v) is 7.77. The lowest BCUT2D eigenvalue weighted by atomic mass is 10.0. The number of hydrogen-bond donors (Lipinski definition) is 1. The molecule has 5 nitrogen and oxygen atoms in total. The summed E-state index contributed by atoms with van der Waals surface area (Å²) in [6, 6.07) is 9.48. The van der Waals surface area contributed by atoms with Gasteiger partial charge in [-0.05, 0) is 56.0 Å². The van der Waals surface area contributed by atoms with Crippen molar-refractivity contribution in [3.8, 4) is 0 Å². The Kier molecular flexibility index (Phi) is 3.41. The number of aromatic nitrogens is 2. The molecule has 0 bridgehead atoms. The lowest BCUT2D eigenvalue weighted by Crippen LogP contribution is -2.13. The van der Waals surface area contributed by atoms with Crippen LogP contribution < -0.4 is 5.32 Å². The Hall–Kier alpha value is -2.21. The third kappa shape index (κ3) is 2.84. The van der Waals surface area contributed by atoms with Gasteiger partial charge >= 0.3 is 0 Å². The second kappa shape index (κ2) is 5.66. The summed E-state index contributed by atoms with van der Waals surface area (Å²) < 4.78 is 6.45. The molecule has 1 N–H and O–H groups in total. The SMILES string of the molecule is O=C(Nc1ccc(Br)cc1)c1cc(C2CC2)nc2onc(C3CC3)c12. The van der Waals surface area contributed by atoms with E-state index in [0.717, 1.165) is 52.6 Å². The molecule has 2 fully saturated rings. The Balaban J connectivity index is 1.58. The van der Waals surface area contributed by atoms with E-state index in [2.05, 4.69) is 31.4 Å². The fraction of sp³-hybridized carbons (Fsp3) is 0.316. The van der Waals surface area contributed by atoms with Gasteiger partial charge < -0.3 is 9.84 Å². The largest absolute Gasteiger partial charge is 0.335 e. The van der Waals surface area contributed by atoms with Crippen molar-refractivity contribution < 1.29 is 9.32 Å². The van der Waals surface area contributed by atoms with Crippen molar-refractivity contribution in [1.82, 2.24) is 10.1 Å². The van der Waals surface area contributed by atoms with E-state index >= 15 is 0 Å². The molecule has 1 aromatic carbocycles. The molecule has 2 aromatic heterocycles. The van der Waals surface area contributed by atoms with Gasteiger partial charge in [0.25, 0.3) is 11.6 Å². The highest BCUT2D eigenvalue weighted by Crippen LogP contribution is 2.45. The molecule has 0 aliphatic heterocycles. The number of amides is 1. The van der Waals surface area contributed by atoms with Crippen LogP contribution in [-0.4, -0.2) is 16.0 Å². The fourth-order valence-corrected chi connectivity index (χ4v) is 3.39. The van der Waals surface area contributed by atoms with E-state index in [1.807, 2.05) is 30.3 Å². The van der Waals surface area contributed by atoms with Crippen LogP contribution in [-0.2, 0) is 0 Å². The molecule has 3 aromatic rings. The van der Waals surface area contributed by atoms with Gasteiger partial charge in [-0.25, -0.2) is 4.98 Å². The summed E-state index contributed by atoms with van der Waals surface area (Å²) in [5.41, 5.74) is 3.69. The Bertz CT molecular complexity index is 972. The average molecular weight is 398 g/mol. The summed E-state index contributed by atoms with van der Waals surface area (Å²) in [6.07, 6.45) is 4.44. The first-order valence-electron chi connectivity index (χ1n) is 8.56. The van der Waals surface area contributed by atoms with Gasteiger partial charge in [-0.1, -0.05) is 21.1 Å². The molecule has 0 unspecified atom stereocenters. The van der Waals surface area contributed by atoms with Crippen molar-refractivity contribution in [3.05, 3.63) is 51.8 Å². The predicted molar refractivity (Wildman–Crippen MR) is 97.8 cm³/mol. The molecule has 0 radical (unpaired) electrons. The molecule has 126 valence electrons. The molecular formula is C19H16BrN3O2. The van der Waals surface area contributed by atoms with Crippen LogP contribution in [0, 0.1) is 0 Å². The van der Waals surface area contributed by atoms with Gasteiger partial charge in [-0.15, -0.1) is 0 Å². The summed E-state index contributed by atoms with van der Waals surface area (Å²) in [5, 5.41) is 7.98. The Morgan fingerprint density at radius 2 is 1.84 bits per heavy atom. The Morgan fingerprint density at radius 3 is 2.52 bits per heavy atom. The standard InChI is InChI=1S/C19H16BrN3O2/c20-12-5-7-13(8-6-12)21-18(24)14-9-15(10-1-2-10)22-19-16(14)17(23-25-19)11-3-4-11/h5-11H,1-4H2,(H,21,24). The van der Waals surface area contributed by atoms with Crippen LogP contribution in [0.15, 0.2) is 39.3 Å². The molecule has 6 heteroatoms. The molecule has 2 heterocycles. The van der Waals surface area contributed by atoms with E-state index in [9.17, 15) is 4.79 Å². The Labute approximate surface area is 152 Å². The zero-order valence-electron chi connectivity index (χ0n) is 13.5. The first kappa shape index (κ1) is 15.1. The Morgan fingerprint density at radius 1 is 1.12 bits per heavy atom. The summed E-state index contributed by atoms with van der Waals surface area (Å²) in [7, 11) is 0. The lowest BCUT2D eigenvalue weighted by molar-refractivity contribution is 0.102. The van der Waals surface area contributed by atoms with Crippen molar-refractivity contribution >= 4 is 38.6 Å². The van der Waals surface area contributed by atoms with Crippen molar-refractivity contribution in [1.29, 1.82) is 0 Å². The molecule has 2 aliphatic rings. The number of nitrogens with one attached hydrogen (secondary N) is 1. The maximum Gasteiger partial charge on any atom is 0.259 e. The van der Waals surface area contributed by atoms with Crippen LogP contribution in [0.3, 0.4) is 0 Å². The minimum absolute atomic E-state index is 0.137. The maximum atomic E-state index is 13.0. The molecule has 0 atom stereocenters. The average Bonchev–Trinajstić information content (AvgIpc) is 3.53. The van der Waals surface area contributed by atoms with E-state index in [0.29, 0.717) is 23.1 Å². The normalized spacial score (nSPS) is 17.0. The van der Waals surface area contributed by atoms with Gasteiger partial charge in [-0.3, -0.25) is 4.79 Å². The quantitative estimate of drug-likeness (QED) is 0.672. The van der Waals surface area contributed by atoms with E-state index < -0.39 is 0 Å². The zero-order valence-corrected chi connectivity index (χ0v) is 15.0. The number of nitrogens with zero attached hydrogens (tertiary/aromatic N) is 2. The summed E-state index contributed by atoms with van der Waals surface area (Å²) >= 11 is 3.41. The monoisotopic (exact) mass is 397 g/mol. The first-order valence-corrected chi connectivity index (χ1v) is 9.35. The smallest absolute Gasteiger partial charge is 0.259 e. The van der Waals surface area contributed by atoms with Crippen LogP contribution in [0.25, 0.3) is 11.1 Å². The predicted octanol–water partition coefficient (Wildman–Crippen LogP) is 4.99. The molecular weight excluding hydrogens is 382 g/mol. The van der Waals surface area contributed by atoms with Gasteiger partial charge in [0.1, 0.15) is 0 Å². The van der Waals surface area contributed by atoms with Crippen molar-refractivity contribution in [3.63, 3.8) is 0 Å². The summed E-state index contributed by atoms with van der Waals surface area (Å²) in [6.45, 7) is 0. The van der Waals surface area contributed by atoms with Gasteiger partial charge in [0, 0.05) is 27.7 Å². The van der Waals surface area contributed by atoms with Crippen LogP contribution >= 0.6 is 15.9 Å². The number of rotatable bonds is 4. The molecule has 2 aliphatic carbocycles. The van der Waals surface area contributed by atoms with E-state index in [1.54, 1.807) is 0 Å². The number of carbonyl (C=O) groups is 1. The van der Waals surface area contributed by atoms with Crippen molar-refractivity contribution in [2.24, 2.45) is 0 Å². The fourth-order valence-electron chi connectivity index (χ4n) is 3.13. The van der Waals surface area contributed by atoms with Crippen molar-refractivity contribution in [2.45, 2.75) is 37.5 Å². The highest BCUT2D eigenvalue weighted by molar-refractivity contribution is 9.10. The zero-order chi connectivity index (χ0) is 17.0. The minimum Gasteiger partial charge on any atom is -0.335 e. The molecule has 5 rings (SSSR count). The number of halogens is 1. The van der Waals surface area contributed by atoms with Crippen LogP contribution in [0.2, 0.25) is 0 Å². The van der Waals surface area contributed by atoms with E-state index in [4.69, 9.17) is 4.52 Å². The number of carbonyl (C=O) groups excluding carboxylic acids is 1. The van der Waals surface area contributed by atoms with E-state index in [-0.39, 0.29) is 5.91 Å². The molecule has 1 amide bonds. The van der Waals surface area contributed by atoms with Gasteiger partial charge in [-0.2, -0.15) is 0 Å². The number of benzene rings is 1. The molecule has 25 heavy (non-hydrogen) atoms. The topological polar surface area (TPSA) is 68.0 Å². The highest BCUT2D eigenvalue weighted by Gasteiger charge is 2.34. The van der Waals surface area contributed by atoms with Gasteiger partial charge in [0.05, 0.1) is 16.6 Å².